The molecule has 0 aliphatic rings. The van der Waals surface area contributed by atoms with Crippen molar-refractivity contribution in [2.24, 2.45) is 11.7 Å². The third kappa shape index (κ3) is 9.57. The summed E-state index contributed by atoms with van der Waals surface area (Å²) in [6.07, 6.45) is 1.09. The molecule has 230 valence electrons. The number of nitrogens with two attached hydrogens (primary N) is 1. The van der Waals surface area contributed by atoms with E-state index in [9.17, 15) is 39.3 Å². The van der Waals surface area contributed by atoms with Gasteiger partial charge in [0.2, 0.25) is 17.7 Å². The quantitative estimate of drug-likeness (QED) is 0.125. The van der Waals surface area contributed by atoms with Gasteiger partial charge >= 0.3 is 11.9 Å². The first-order chi connectivity index (χ1) is 20.3. The Balaban J connectivity index is 1.70. The van der Waals surface area contributed by atoms with E-state index in [-0.39, 0.29) is 30.9 Å². The number of aromatic amines is 1. The lowest BCUT2D eigenvalue weighted by molar-refractivity contribution is -0.143. The van der Waals surface area contributed by atoms with E-state index in [1.54, 1.807) is 20.0 Å². The third-order valence-electron chi connectivity index (χ3n) is 6.79. The van der Waals surface area contributed by atoms with Gasteiger partial charge in [-0.05, 0) is 48.1 Å². The van der Waals surface area contributed by atoms with Crippen LogP contribution >= 0.6 is 0 Å². The molecule has 0 aliphatic carbocycles. The lowest BCUT2D eigenvalue weighted by Crippen LogP contribution is -2.58. The number of aromatic hydroxyl groups is 1. The van der Waals surface area contributed by atoms with Crippen molar-refractivity contribution < 1.29 is 39.3 Å². The predicted octanol–water partition coefficient (Wildman–Crippen LogP) is 1.05. The van der Waals surface area contributed by atoms with Crippen molar-refractivity contribution in [2.75, 3.05) is 0 Å². The number of carbonyl (C=O) groups excluding carboxylic acids is 3. The largest absolute Gasteiger partial charge is 0.508 e. The number of para-hydroxylation sites is 1. The Morgan fingerprint density at radius 2 is 1.42 bits per heavy atom. The van der Waals surface area contributed by atoms with Crippen molar-refractivity contribution in [2.45, 2.75) is 63.7 Å². The number of rotatable bonds is 15. The first-order valence-electron chi connectivity index (χ1n) is 13.8. The van der Waals surface area contributed by atoms with Crippen LogP contribution in [0.2, 0.25) is 0 Å². The van der Waals surface area contributed by atoms with Gasteiger partial charge < -0.3 is 42.0 Å². The first kappa shape index (κ1) is 32.6. The minimum absolute atomic E-state index is 0.00120. The van der Waals surface area contributed by atoms with Crippen LogP contribution in [-0.2, 0) is 36.8 Å². The fourth-order valence-corrected chi connectivity index (χ4v) is 4.61. The predicted molar refractivity (Wildman–Crippen MR) is 157 cm³/mol. The van der Waals surface area contributed by atoms with Crippen LogP contribution in [0.4, 0.5) is 0 Å². The molecule has 0 radical (unpaired) electrons. The highest BCUT2D eigenvalue weighted by Gasteiger charge is 2.32. The molecule has 3 rings (SSSR count). The van der Waals surface area contributed by atoms with Crippen molar-refractivity contribution in [3.8, 4) is 5.75 Å². The maximum absolute atomic E-state index is 13.2. The summed E-state index contributed by atoms with van der Waals surface area (Å²) in [4.78, 5) is 65.9. The number of amides is 3. The smallest absolute Gasteiger partial charge is 0.326 e. The average Bonchev–Trinajstić information content (AvgIpc) is 3.35. The van der Waals surface area contributed by atoms with Gasteiger partial charge in [0.1, 0.15) is 23.9 Å². The van der Waals surface area contributed by atoms with Gasteiger partial charge in [-0.2, -0.15) is 0 Å². The Hall–Kier alpha value is -4.91. The number of hydrogen-bond acceptors (Lipinski definition) is 7. The van der Waals surface area contributed by atoms with Crippen molar-refractivity contribution in [1.29, 1.82) is 0 Å². The Kier molecular flexibility index (Phi) is 11.2. The fourth-order valence-electron chi connectivity index (χ4n) is 4.61. The van der Waals surface area contributed by atoms with E-state index in [1.807, 2.05) is 24.3 Å². The molecular weight excluding hydrogens is 558 g/mol. The molecule has 0 saturated heterocycles. The highest BCUT2D eigenvalue weighted by Crippen LogP contribution is 2.19. The van der Waals surface area contributed by atoms with Crippen LogP contribution in [-0.4, -0.2) is 74.1 Å². The number of nitrogens with one attached hydrogen (secondary N) is 4. The molecule has 0 fully saturated rings. The molecule has 43 heavy (non-hydrogen) atoms. The lowest BCUT2D eigenvalue weighted by Gasteiger charge is -2.25. The van der Waals surface area contributed by atoms with Crippen LogP contribution < -0.4 is 21.7 Å². The maximum Gasteiger partial charge on any atom is 0.326 e. The summed E-state index contributed by atoms with van der Waals surface area (Å²) in [5, 5.41) is 36.7. The molecule has 1 heterocycles. The normalized spacial score (nSPS) is 14.0. The van der Waals surface area contributed by atoms with Crippen LogP contribution in [0.3, 0.4) is 0 Å². The van der Waals surface area contributed by atoms with Crippen molar-refractivity contribution in [3.05, 3.63) is 65.9 Å². The number of carboxylic acid groups (broad SMARTS) is 2. The van der Waals surface area contributed by atoms with Gasteiger partial charge in [0.15, 0.2) is 0 Å². The second kappa shape index (κ2) is 14.8. The number of hydrogen-bond donors (Lipinski definition) is 8. The topological polar surface area (TPSA) is 224 Å². The molecule has 3 aromatic rings. The van der Waals surface area contributed by atoms with Crippen LogP contribution in [0.1, 0.15) is 37.8 Å². The number of aromatic nitrogens is 1. The van der Waals surface area contributed by atoms with E-state index in [0.29, 0.717) is 5.56 Å². The summed E-state index contributed by atoms with van der Waals surface area (Å²) in [5.41, 5.74) is 8.28. The molecule has 0 saturated carbocycles. The van der Waals surface area contributed by atoms with Crippen LogP contribution in [0.5, 0.6) is 5.75 Å². The molecule has 0 aliphatic heterocycles. The van der Waals surface area contributed by atoms with Crippen LogP contribution in [0.25, 0.3) is 10.9 Å². The van der Waals surface area contributed by atoms with E-state index >= 15 is 0 Å². The van der Waals surface area contributed by atoms with Crippen molar-refractivity contribution >= 4 is 40.6 Å². The van der Waals surface area contributed by atoms with Gasteiger partial charge in [-0.25, -0.2) is 4.79 Å². The number of carboxylic acids is 2. The molecule has 4 unspecified atom stereocenters. The number of benzene rings is 2. The first-order valence-corrected chi connectivity index (χ1v) is 13.8. The van der Waals surface area contributed by atoms with Crippen LogP contribution in [0.15, 0.2) is 54.7 Å². The molecule has 0 spiro atoms. The van der Waals surface area contributed by atoms with Gasteiger partial charge in [0.25, 0.3) is 0 Å². The van der Waals surface area contributed by atoms with Gasteiger partial charge in [0, 0.05) is 23.5 Å². The summed E-state index contributed by atoms with van der Waals surface area (Å²) in [7, 11) is 0. The molecule has 13 heteroatoms. The number of phenolic OH excluding ortho intramolecular Hbond substituents is 1. The number of phenols is 1. The summed E-state index contributed by atoms with van der Waals surface area (Å²) >= 11 is 0. The van der Waals surface area contributed by atoms with Gasteiger partial charge in [0.05, 0.1) is 12.5 Å². The molecule has 9 N–H and O–H groups in total. The molecule has 4 atom stereocenters. The second-order valence-electron chi connectivity index (χ2n) is 10.8. The van der Waals surface area contributed by atoms with Gasteiger partial charge in [-0.1, -0.05) is 44.2 Å². The van der Waals surface area contributed by atoms with Gasteiger partial charge in [-0.3, -0.25) is 19.2 Å². The standard InChI is InChI=1S/C30H37N5O8/c1-16(2)11-23(28(40)35-25(30(42)43)12-17-7-9-19(36)10-8-17)34-29(41)24(14-26(37)38)33-27(39)21(31)13-18-15-32-22-6-4-3-5-20(18)22/h3-10,15-16,21,23-25,32,36H,11-14,31H2,1-2H3,(H,33,39)(H,34,41)(H,35,40)(H,37,38)(H,42,43). The molecule has 1 aromatic heterocycles. The summed E-state index contributed by atoms with van der Waals surface area (Å²) in [5.74, 6) is -5.26. The second-order valence-corrected chi connectivity index (χ2v) is 10.8. The number of H-pyrrole nitrogens is 1. The summed E-state index contributed by atoms with van der Waals surface area (Å²) < 4.78 is 0. The van der Waals surface area contributed by atoms with E-state index < -0.39 is 60.2 Å². The van der Waals surface area contributed by atoms with Crippen molar-refractivity contribution in [1.82, 2.24) is 20.9 Å². The molecule has 0 bridgehead atoms. The van der Waals surface area contributed by atoms with Crippen LogP contribution in [0, 0.1) is 5.92 Å². The average molecular weight is 596 g/mol. The number of fused-ring (bicyclic) bond motifs is 1. The maximum atomic E-state index is 13.2. The minimum atomic E-state index is -1.55. The molecular formula is C30H37N5O8. The summed E-state index contributed by atoms with van der Waals surface area (Å²) in [6.45, 7) is 3.58. The summed E-state index contributed by atoms with van der Waals surface area (Å²) in [6, 6.07) is 8.04. The highest BCUT2D eigenvalue weighted by molar-refractivity contribution is 5.96. The van der Waals surface area contributed by atoms with E-state index in [1.165, 1.54) is 24.3 Å². The fraction of sp³-hybridized carbons (Fsp3) is 0.367. The van der Waals surface area contributed by atoms with E-state index in [0.717, 1.165) is 16.5 Å². The minimum Gasteiger partial charge on any atom is -0.508 e. The Labute approximate surface area is 247 Å². The number of aliphatic carboxylic acids is 2. The van der Waals surface area contributed by atoms with Crippen molar-refractivity contribution in [3.63, 3.8) is 0 Å². The lowest BCUT2D eigenvalue weighted by atomic mass is 10.0. The highest BCUT2D eigenvalue weighted by atomic mass is 16.4. The zero-order valence-electron chi connectivity index (χ0n) is 23.9. The Morgan fingerprint density at radius 3 is 2.05 bits per heavy atom. The SMILES string of the molecule is CC(C)CC(NC(=O)C(CC(=O)O)NC(=O)C(N)Cc1c[nH]c2ccccc12)C(=O)NC(Cc1ccc(O)cc1)C(=O)O. The van der Waals surface area contributed by atoms with E-state index in [2.05, 4.69) is 20.9 Å². The van der Waals surface area contributed by atoms with E-state index in [4.69, 9.17) is 5.73 Å². The molecule has 13 nitrogen and oxygen atoms in total. The van der Waals surface area contributed by atoms with Gasteiger partial charge in [-0.15, -0.1) is 0 Å². The Morgan fingerprint density at radius 1 is 0.814 bits per heavy atom. The molecule has 3 amide bonds. The third-order valence-corrected chi connectivity index (χ3v) is 6.79. The Bertz CT molecular complexity index is 1450. The monoisotopic (exact) mass is 595 g/mol. The zero-order valence-corrected chi connectivity index (χ0v) is 23.9. The zero-order chi connectivity index (χ0) is 31.7. The molecule has 2 aromatic carbocycles. The number of carbonyl (C=O) groups is 5.